The van der Waals surface area contributed by atoms with E-state index in [1.165, 1.54) is 0 Å². The van der Waals surface area contributed by atoms with E-state index in [1.807, 2.05) is 0 Å². The summed E-state index contributed by atoms with van der Waals surface area (Å²) in [5.41, 5.74) is -0.116. The van der Waals surface area contributed by atoms with Gasteiger partial charge in [-0.15, -0.1) is 0 Å². The van der Waals surface area contributed by atoms with Crippen molar-refractivity contribution >= 4 is 10.4 Å². The average molecular weight is 261 g/mol. The van der Waals surface area contributed by atoms with Crippen molar-refractivity contribution in [1.29, 1.82) is 0 Å². The molecule has 0 aromatic rings. The highest BCUT2D eigenvalue weighted by molar-refractivity contribution is 6.04. The fourth-order valence-electron chi connectivity index (χ4n) is 1.95. The van der Waals surface area contributed by atoms with Crippen LogP contribution in [0.2, 0.25) is 0 Å². The van der Waals surface area contributed by atoms with Gasteiger partial charge in [0.2, 0.25) is 0 Å². The first-order chi connectivity index (χ1) is 7.71. The van der Waals surface area contributed by atoms with Crippen LogP contribution in [0.3, 0.4) is 0 Å². The van der Waals surface area contributed by atoms with Crippen molar-refractivity contribution in [1.82, 2.24) is 20.9 Å². The van der Waals surface area contributed by atoms with Crippen LogP contribution in [0, 0.1) is 0 Å². The number of hydrogen-bond donors (Lipinski definition) is 4. The molecule has 0 rings (SSSR count). The standard InChI is InChI=1S/C12H32N4Si/c1-8(2)13-11(14-9(3)4)12(7,16-17)15-10(5)6/h8-11,13-16H,1-7,17H3. The van der Waals surface area contributed by atoms with Gasteiger partial charge < -0.3 is 4.98 Å². The van der Waals surface area contributed by atoms with Gasteiger partial charge in [0.05, 0.1) is 22.2 Å². The Labute approximate surface area is 110 Å². The zero-order valence-corrected chi connectivity index (χ0v) is 14.8. The summed E-state index contributed by atoms with van der Waals surface area (Å²) in [6.07, 6.45) is 0.211. The summed E-state index contributed by atoms with van der Waals surface area (Å²) in [5, 5.41) is 10.8. The fraction of sp³-hybridized carbons (Fsp3) is 1.00. The molecule has 1 atom stereocenters. The van der Waals surface area contributed by atoms with Crippen LogP contribution in [0.1, 0.15) is 48.5 Å². The van der Waals surface area contributed by atoms with Gasteiger partial charge in [0.25, 0.3) is 0 Å². The third-order valence-corrected chi connectivity index (χ3v) is 3.72. The van der Waals surface area contributed by atoms with Gasteiger partial charge in [0.1, 0.15) is 0 Å². The zero-order chi connectivity index (χ0) is 13.6. The summed E-state index contributed by atoms with van der Waals surface area (Å²) >= 11 is 0. The lowest BCUT2D eigenvalue weighted by Crippen LogP contribution is -2.72. The number of rotatable bonds is 8. The Balaban J connectivity index is 4.80. The largest absolute Gasteiger partial charge is 0.327 e. The van der Waals surface area contributed by atoms with E-state index in [4.69, 9.17) is 0 Å². The summed E-state index contributed by atoms with van der Waals surface area (Å²) in [6, 6.07) is 1.36. The molecule has 5 heteroatoms. The lowest BCUT2D eigenvalue weighted by atomic mass is 10.1. The Bertz CT molecular complexity index is 199. The Hall–Kier alpha value is 0.0569. The van der Waals surface area contributed by atoms with Crippen LogP contribution < -0.4 is 20.9 Å². The first-order valence-corrected chi connectivity index (χ1v) is 7.70. The van der Waals surface area contributed by atoms with Gasteiger partial charge in [0.15, 0.2) is 0 Å². The molecule has 0 radical (unpaired) electrons. The molecule has 0 fully saturated rings. The van der Waals surface area contributed by atoms with Crippen molar-refractivity contribution in [2.24, 2.45) is 0 Å². The SMILES string of the molecule is CC(C)NC(NC(C)C)C(C)(N[SiH3])NC(C)C. The summed E-state index contributed by atoms with van der Waals surface area (Å²) in [5.74, 6) is 0. The molecule has 0 amide bonds. The number of hydrogen-bond acceptors (Lipinski definition) is 4. The van der Waals surface area contributed by atoms with E-state index in [2.05, 4.69) is 69.4 Å². The molecule has 0 spiro atoms. The summed E-state index contributed by atoms with van der Waals surface area (Å²) in [4.78, 5) is 3.52. The maximum Gasteiger partial charge on any atom is 0.0891 e. The molecule has 0 aromatic carbocycles. The highest BCUT2D eigenvalue weighted by Gasteiger charge is 2.33. The quantitative estimate of drug-likeness (QED) is 0.363. The summed E-state index contributed by atoms with van der Waals surface area (Å²) in [6.45, 7) is 15.3. The summed E-state index contributed by atoms with van der Waals surface area (Å²) < 4.78 is 0. The van der Waals surface area contributed by atoms with Crippen LogP contribution >= 0.6 is 0 Å². The second kappa shape index (κ2) is 7.48. The molecule has 4 N–H and O–H groups in total. The molecular formula is C12H32N4Si. The third kappa shape index (κ3) is 6.52. The predicted molar refractivity (Wildman–Crippen MR) is 80.1 cm³/mol. The van der Waals surface area contributed by atoms with Gasteiger partial charge in [-0.05, 0) is 48.5 Å². The smallest absolute Gasteiger partial charge is 0.0891 e. The molecule has 0 aromatic heterocycles. The molecule has 17 heavy (non-hydrogen) atoms. The highest BCUT2D eigenvalue weighted by atomic mass is 28.2. The van der Waals surface area contributed by atoms with E-state index in [1.54, 1.807) is 0 Å². The minimum absolute atomic E-state index is 0.116. The second-order valence-corrected chi connectivity index (χ2v) is 6.33. The van der Waals surface area contributed by atoms with Crippen molar-refractivity contribution in [2.45, 2.75) is 78.4 Å². The van der Waals surface area contributed by atoms with Gasteiger partial charge in [-0.2, -0.15) is 0 Å². The lowest BCUT2D eigenvalue weighted by molar-refractivity contribution is 0.173. The van der Waals surface area contributed by atoms with Crippen molar-refractivity contribution in [3.05, 3.63) is 0 Å². The molecule has 0 aliphatic heterocycles. The fourth-order valence-corrected chi connectivity index (χ4v) is 2.38. The average Bonchev–Trinajstić information content (AvgIpc) is 2.14. The van der Waals surface area contributed by atoms with Gasteiger partial charge in [0, 0.05) is 18.1 Å². The molecular weight excluding hydrogens is 228 g/mol. The first-order valence-electron chi connectivity index (χ1n) is 6.70. The van der Waals surface area contributed by atoms with Crippen molar-refractivity contribution in [3.63, 3.8) is 0 Å². The summed E-state index contributed by atoms with van der Waals surface area (Å²) in [7, 11) is 0.958. The molecule has 104 valence electrons. The minimum Gasteiger partial charge on any atom is -0.327 e. The molecule has 0 saturated carbocycles. The van der Waals surface area contributed by atoms with E-state index < -0.39 is 0 Å². The van der Waals surface area contributed by atoms with Crippen LogP contribution in [-0.2, 0) is 0 Å². The molecule has 1 unspecified atom stereocenters. The molecule has 0 saturated heterocycles. The molecule has 0 bridgehead atoms. The van der Waals surface area contributed by atoms with Gasteiger partial charge >= 0.3 is 0 Å². The highest BCUT2D eigenvalue weighted by Crippen LogP contribution is 2.07. The molecule has 0 aliphatic rings. The Morgan fingerprint density at radius 1 is 0.824 bits per heavy atom. The zero-order valence-electron chi connectivity index (χ0n) is 12.8. The number of nitrogens with one attached hydrogen (secondary N) is 4. The second-order valence-electron chi connectivity index (χ2n) is 5.83. The topological polar surface area (TPSA) is 48.1 Å². The monoisotopic (exact) mass is 260 g/mol. The van der Waals surface area contributed by atoms with E-state index in [9.17, 15) is 0 Å². The van der Waals surface area contributed by atoms with Gasteiger partial charge in [-0.1, -0.05) is 0 Å². The van der Waals surface area contributed by atoms with Crippen molar-refractivity contribution < 1.29 is 0 Å². The molecule has 4 nitrogen and oxygen atoms in total. The van der Waals surface area contributed by atoms with E-state index in [-0.39, 0.29) is 11.8 Å². The predicted octanol–water partition coefficient (Wildman–Crippen LogP) is -0.107. The van der Waals surface area contributed by atoms with Crippen LogP contribution in [-0.4, -0.2) is 40.4 Å². The van der Waals surface area contributed by atoms with E-state index in [0.29, 0.717) is 18.1 Å². The Kier molecular flexibility index (Phi) is 7.51. The lowest BCUT2D eigenvalue weighted by Gasteiger charge is -2.43. The van der Waals surface area contributed by atoms with Crippen molar-refractivity contribution in [3.8, 4) is 0 Å². The maximum atomic E-state index is 3.62. The van der Waals surface area contributed by atoms with Crippen LogP contribution in [0.5, 0.6) is 0 Å². The molecule has 0 heterocycles. The van der Waals surface area contributed by atoms with Crippen LogP contribution in [0.15, 0.2) is 0 Å². The van der Waals surface area contributed by atoms with Crippen LogP contribution in [0.25, 0.3) is 0 Å². The normalized spacial score (nSPS) is 16.4. The molecule has 0 aliphatic carbocycles. The Morgan fingerprint density at radius 2 is 1.24 bits per heavy atom. The van der Waals surface area contributed by atoms with Gasteiger partial charge in [-0.3, -0.25) is 16.0 Å². The van der Waals surface area contributed by atoms with E-state index in [0.717, 1.165) is 10.4 Å². The first kappa shape index (κ1) is 17.1. The Morgan fingerprint density at radius 3 is 1.47 bits per heavy atom. The minimum atomic E-state index is -0.116. The van der Waals surface area contributed by atoms with Crippen LogP contribution in [0.4, 0.5) is 0 Å². The third-order valence-electron chi connectivity index (χ3n) is 2.69. The van der Waals surface area contributed by atoms with Gasteiger partial charge in [-0.25, -0.2) is 0 Å². The van der Waals surface area contributed by atoms with E-state index >= 15 is 0 Å². The maximum absolute atomic E-state index is 3.62. The van der Waals surface area contributed by atoms with Crippen molar-refractivity contribution in [2.75, 3.05) is 0 Å².